The minimum atomic E-state index is -0.979. The van der Waals surface area contributed by atoms with Crippen molar-refractivity contribution in [2.75, 3.05) is 14.1 Å². The molecule has 0 aliphatic heterocycles. The van der Waals surface area contributed by atoms with Crippen LogP contribution < -0.4 is 0 Å². The van der Waals surface area contributed by atoms with Crippen molar-refractivity contribution in [2.45, 2.75) is 32.9 Å². The van der Waals surface area contributed by atoms with Crippen molar-refractivity contribution in [1.82, 2.24) is 9.80 Å². The second-order valence-electron chi connectivity index (χ2n) is 4.94. The van der Waals surface area contributed by atoms with E-state index in [4.69, 9.17) is 5.11 Å². The number of urea groups is 1. The van der Waals surface area contributed by atoms with Crippen molar-refractivity contribution in [3.05, 3.63) is 35.4 Å². The number of likely N-dealkylation sites (N-methyl/N-ethyl adjacent to an activating group) is 1. The molecule has 2 amide bonds. The van der Waals surface area contributed by atoms with Gasteiger partial charge in [0.2, 0.25) is 0 Å². The van der Waals surface area contributed by atoms with Crippen LogP contribution in [0.1, 0.15) is 24.5 Å². The molecule has 1 unspecified atom stereocenters. The largest absolute Gasteiger partial charge is 0.480 e. The van der Waals surface area contributed by atoms with Crippen LogP contribution in [0, 0.1) is 6.92 Å². The highest BCUT2D eigenvalue weighted by atomic mass is 16.4. The van der Waals surface area contributed by atoms with Crippen LogP contribution in [-0.2, 0) is 11.3 Å². The summed E-state index contributed by atoms with van der Waals surface area (Å²) in [7, 11) is 3.21. The van der Waals surface area contributed by atoms with Crippen LogP contribution in [0.5, 0.6) is 0 Å². The fourth-order valence-corrected chi connectivity index (χ4v) is 2.13. The third kappa shape index (κ3) is 3.73. The van der Waals surface area contributed by atoms with Gasteiger partial charge in [0, 0.05) is 20.6 Å². The maximum atomic E-state index is 12.3. The Morgan fingerprint density at radius 1 is 1.25 bits per heavy atom. The van der Waals surface area contributed by atoms with Crippen molar-refractivity contribution in [3.63, 3.8) is 0 Å². The minimum Gasteiger partial charge on any atom is -0.480 e. The quantitative estimate of drug-likeness (QED) is 0.899. The lowest BCUT2D eigenvalue weighted by atomic mass is 10.1. The highest BCUT2D eigenvalue weighted by Gasteiger charge is 2.26. The molecule has 1 aromatic rings. The summed E-state index contributed by atoms with van der Waals surface area (Å²) in [6.45, 7) is 4.21. The number of carboxylic acids is 1. The third-order valence-corrected chi connectivity index (χ3v) is 3.44. The Balaban J connectivity index is 2.77. The van der Waals surface area contributed by atoms with Crippen molar-refractivity contribution in [3.8, 4) is 0 Å². The monoisotopic (exact) mass is 278 g/mol. The number of aryl methyl sites for hydroxylation is 1. The molecule has 0 saturated carbocycles. The number of rotatable bonds is 5. The Labute approximate surface area is 119 Å². The molecule has 0 saturated heterocycles. The first-order valence-electron chi connectivity index (χ1n) is 6.63. The van der Waals surface area contributed by atoms with Gasteiger partial charge in [0.05, 0.1) is 0 Å². The molecule has 0 heterocycles. The number of nitrogens with zero attached hydrogens (tertiary/aromatic N) is 2. The number of aliphatic carboxylic acids is 1. The van der Waals surface area contributed by atoms with Crippen molar-refractivity contribution in [2.24, 2.45) is 0 Å². The van der Waals surface area contributed by atoms with Crippen LogP contribution in [-0.4, -0.2) is 47.0 Å². The lowest BCUT2D eigenvalue weighted by Gasteiger charge is -2.29. The molecule has 5 nitrogen and oxygen atoms in total. The number of hydrogen-bond acceptors (Lipinski definition) is 2. The van der Waals surface area contributed by atoms with Gasteiger partial charge in [0.1, 0.15) is 6.04 Å². The average Bonchev–Trinajstić information content (AvgIpc) is 2.40. The molecular weight excluding hydrogens is 256 g/mol. The van der Waals surface area contributed by atoms with Gasteiger partial charge in [0.25, 0.3) is 0 Å². The van der Waals surface area contributed by atoms with Crippen LogP contribution >= 0.6 is 0 Å². The average molecular weight is 278 g/mol. The van der Waals surface area contributed by atoms with Gasteiger partial charge >= 0.3 is 12.0 Å². The van der Waals surface area contributed by atoms with Crippen LogP contribution in [0.2, 0.25) is 0 Å². The lowest BCUT2D eigenvalue weighted by molar-refractivity contribution is -0.142. The van der Waals surface area contributed by atoms with E-state index in [-0.39, 0.29) is 6.03 Å². The molecule has 1 atom stereocenters. The molecule has 1 N–H and O–H groups in total. The molecule has 0 bridgehead atoms. The van der Waals surface area contributed by atoms with Crippen LogP contribution in [0.25, 0.3) is 0 Å². The summed E-state index contributed by atoms with van der Waals surface area (Å²) in [4.78, 5) is 26.2. The van der Waals surface area contributed by atoms with Gasteiger partial charge in [-0.3, -0.25) is 0 Å². The van der Waals surface area contributed by atoms with E-state index < -0.39 is 12.0 Å². The van der Waals surface area contributed by atoms with Crippen molar-refractivity contribution in [1.29, 1.82) is 0 Å². The second kappa shape index (κ2) is 6.93. The molecule has 110 valence electrons. The molecule has 0 aromatic heterocycles. The lowest BCUT2D eigenvalue weighted by Crippen LogP contribution is -2.47. The number of hydrogen-bond donors (Lipinski definition) is 1. The van der Waals surface area contributed by atoms with Crippen molar-refractivity contribution >= 4 is 12.0 Å². The number of carbonyl (C=O) groups is 2. The van der Waals surface area contributed by atoms with Gasteiger partial charge in [-0.2, -0.15) is 0 Å². The van der Waals surface area contributed by atoms with Gasteiger partial charge in [0.15, 0.2) is 0 Å². The van der Waals surface area contributed by atoms with Gasteiger partial charge in [-0.1, -0.05) is 31.2 Å². The van der Waals surface area contributed by atoms with E-state index in [2.05, 4.69) is 0 Å². The van der Waals surface area contributed by atoms with Gasteiger partial charge in [-0.15, -0.1) is 0 Å². The molecule has 0 radical (unpaired) electrons. The van der Waals surface area contributed by atoms with E-state index in [0.717, 1.165) is 11.1 Å². The number of carboxylic acid groups (broad SMARTS) is 1. The van der Waals surface area contributed by atoms with Gasteiger partial charge in [-0.25, -0.2) is 9.59 Å². The van der Waals surface area contributed by atoms with E-state index in [0.29, 0.717) is 13.0 Å². The number of carbonyl (C=O) groups excluding carboxylic acids is 1. The van der Waals surface area contributed by atoms with Crippen molar-refractivity contribution < 1.29 is 14.7 Å². The molecule has 5 heteroatoms. The molecule has 0 spiro atoms. The Kier molecular flexibility index (Phi) is 5.55. The first-order valence-corrected chi connectivity index (χ1v) is 6.63. The predicted octanol–water partition coefficient (Wildman–Crippen LogP) is 2.34. The summed E-state index contributed by atoms with van der Waals surface area (Å²) in [5.74, 6) is -0.979. The minimum absolute atomic E-state index is 0.289. The number of amides is 2. The summed E-state index contributed by atoms with van der Waals surface area (Å²) >= 11 is 0. The molecule has 1 aromatic carbocycles. The van der Waals surface area contributed by atoms with E-state index >= 15 is 0 Å². The van der Waals surface area contributed by atoms with Gasteiger partial charge < -0.3 is 14.9 Å². The fraction of sp³-hybridized carbons (Fsp3) is 0.467. The second-order valence-corrected chi connectivity index (χ2v) is 4.94. The van der Waals surface area contributed by atoms with Crippen LogP contribution in [0.3, 0.4) is 0 Å². The van der Waals surface area contributed by atoms with E-state index in [1.165, 1.54) is 16.8 Å². The Morgan fingerprint density at radius 2 is 1.85 bits per heavy atom. The molecule has 1 rings (SSSR count). The standard InChI is InChI=1S/C15H22N2O3/c1-5-13(14(18)19)17(4)15(20)16(3)10-12-9-7-6-8-11(12)2/h6-9,13H,5,10H2,1-4H3,(H,18,19). The predicted molar refractivity (Wildman–Crippen MR) is 77.5 cm³/mol. The Hall–Kier alpha value is -2.04. The fourth-order valence-electron chi connectivity index (χ4n) is 2.13. The summed E-state index contributed by atoms with van der Waals surface area (Å²) in [5.41, 5.74) is 2.17. The maximum absolute atomic E-state index is 12.3. The molecule has 20 heavy (non-hydrogen) atoms. The Morgan fingerprint density at radius 3 is 2.35 bits per heavy atom. The highest BCUT2D eigenvalue weighted by molar-refractivity contribution is 5.82. The van der Waals surface area contributed by atoms with Gasteiger partial charge in [-0.05, 0) is 24.5 Å². The smallest absolute Gasteiger partial charge is 0.326 e. The zero-order valence-corrected chi connectivity index (χ0v) is 12.5. The first-order chi connectivity index (χ1) is 9.38. The third-order valence-electron chi connectivity index (χ3n) is 3.44. The van der Waals surface area contributed by atoms with E-state index in [9.17, 15) is 9.59 Å². The van der Waals surface area contributed by atoms with E-state index in [1.54, 1.807) is 14.0 Å². The normalized spacial score (nSPS) is 11.8. The number of benzene rings is 1. The zero-order valence-electron chi connectivity index (χ0n) is 12.5. The van der Waals surface area contributed by atoms with E-state index in [1.807, 2.05) is 31.2 Å². The molecular formula is C15H22N2O3. The molecule has 0 aliphatic carbocycles. The summed E-state index contributed by atoms with van der Waals surface area (Å²) in [5, 5.41) is 9.10. The van der Waals surface area contributed by atoms with Crippen LogP contribution in [0.15, 0.2) is 24.3 Å². The molecule has 0 fully saturated rings. The first kappa shape index (κ1) is 16.0. The SMILES string of the molecule is CCC(C(=O)O)N(C)C(=O)N(C)Cc1ccccc1C. The Bertz CT molecular complexity index is 488. The summed E-state index contributed by atoms with van der Waals surface area (Å²) in [6.07, 6.45) is 0.385. The maximum Gasteiger partial charge on any atom is 0.326 e. The van der Waals surface area contributed by atoms with Crippen LogP contribution in [0.4, 0.5) is 4.79 Å². The summed E-state index contributed by atoms with van der Waals surface area (Å²) in [6, 6.07) is 6.75. The topological polar surface area (TPSA) is 60.9 Å². The molecule has 0 aliphatic rings. The highest BCUT2D eigenvalue weighted by Crippen LogP contribution is 2.12. The summed E-state index contributed by atoms with van der Waals surface area (Å²) < 4.78 is 0. The zero-order chi connectivity index (χ0) is 15.3.